The minimum absolute atomic E-state index is 0.109. The van der Waals surface area contributed by atoms with Crippen LogP contribution in [0.15, 0.2) is 78.9 Å². The van der Waals surface area contributed by atoms with E-state index in [4.69, 9.17) is 11.6 Å². The van der Waals surface area contributed by atoms with Crippen molar-refractivity contribution in [3.8, 4) is 0 Å². The standard InChI is InChI=1S/C26H25ClN2O2/c27-21-12-10-20(11-13-21)25(30)23-8-4-5-9-24(23)26(31)28-22-14-16-29(17-15-22)18-19-6-2-1-3-7-19/h1-13,22H,14-18H2,(H,28,31). The van der Waals surface area contributed by atoms with E-state index in [1.165, 1.54) is 5.56 Å². The van der Waals surface area contributed by atoms with Gasteiger partial charge >= 0.3 is 0 Å². The number of rotatable bonds is 6. The molecule has 3 aromatic carbocycles. The maximum atomic E-state index is 13.0. The van der Waals surface area contributed by atoms with Gasteiger partial charge in [-0.3, -0.25) is 14.5 Å². The molecule has 158 valence electrons. The van der Waals surface area contributed by atoms with Gasteiger partial charge in [-0.25, -0.2) is 0 Å². The molecule has 0 unspecified atom stereocenters. The molecule has 0 aliphatic carbocycles. The van der Waals surface area contributed by atoms with E-state index in [2.05, 4.69) is 34.5 Å². The zero-order chi connectivity index (χ0) is 21.6. The largest absolute Gasteiger partial charge is 0.349 e. The summed E-state index contributed by atoms with van der Waals surface area (Å²) in [5.41, 5.74) is 2.64. The SMILES string of the molecule is O=C(NC1CCN(Cc2ccccc2)CC1)c1ccccc1C(=O)c1ccc(Cl)cc1. The summed E-state index contributed by atoms with van der Waals surface area (Å²) >= 11 is 5.93. The van der Waals surface area contributed by atoms with Crippen LogP contribution < -0.4 is 5.32 Å². The first-order valence-electron chi connectivity index (χ1n) is 10.6. The second-order valence-electron chi connectivity index (χ2n) is 7.89. The van der Waals surface area contributed by atoms with Gasteiger partial charge in [0, 0.05) is 41.8 Å². The molecule has 4 rings (SSSR count). The molecule has 4 nitrogen and oxygen atoms in total. The van der Waals surface area contributed by atoms with Gasteiger partial charge in [0.05, 0.1) is 5.56 Å². The molecule has 3 aromatic rings. The van der Waals surface area contributed by atoms with E-state index in [9.17, 15) is 9.59 Å². The lowest BCUT2D eigenvalue weighted by Crippen LogP contribution is -2.44. The smallest absolute Gasteiger partial charge is 0.252 e. The van der Waals surface area contributed by atoms with Crippen LogP contribution in [-0.4, -0.2) is 35.7 Å². The summed E-state index contributed by atoms with van der Waals surface area (Å²) in [7, 11) is 0. The van der Waals surface area contributed by atoms with Crippen molar-refractivity contribution in [2.45, 2.75) is 25.4 Å². The molecule has 1 heterocycles. The molecule has 0 spiro atoms. The Morgan fingerprint density at radius 1 is 0.839 bits per heavy atom. The molecule has 0 atom stereocenters. The molecule has 1 N–H and O–H groups in total. The fraction of sp³-hybridized carbons (Fsp3) is 0.231. The number of piperidine rings is 1. The van der Waals surface area contributed by atoms with Gasteiger partial charge in [-0.1, -0.05) is 60.1 Å². The monoisotopic (exact) mass is 432 g/mol. The van der Waals surface area contributed by atoms with Gasteiger partial charge in [0.25, 0.3) is 5.91 Å². The average Bonchev–Trinajstić information content (AvgIpc) is 2.81. The quantitative estimate of drug-likeness (QED) is 0.560. The van der Waals surface area contributed by atoms with Crippen LogP contribution in [0.1, 0.15) is 44.7 Å². The van der Waals surface area contributed by atoms with Crippen molar-refractivity contribution in [2.24, 2.45) is 0 Å². The van der Waals surface area contributed by atoms with Crippen molar-refractivity contribution in [3.05, 3.63) is 106 Å². The Morgan fingerprint density at radius 2 is 1.45 bits per heavy atom. The van der Waals surface area contributed by atoms with Gasteiger partial charge < -0.3 is 5.32 Å². The van der Waals surface area contributed by atoms with Crippen LogP contribution in [0.5, 0.6) is 0 Å². The number of benzene rings is 3. The minimum atomic E-state index is -0.195. The molecule has 0 bridgehead atoms. The molecule has 5 heteroatoms. The Balaban J connectivity index is 1.38. The Morgan fingerprint density at radius 3 is 2.13 bits per heavy atom. The summed E-state index contributed by atoms with van der Waals surface area (Å²) in [4.78, 5) is 28.4. The van der Waals surface area contributed by atoms with Gasteiger partial charge in [0.1, 0.15) is 0 Å². The van der Waals surface area contributed by atoms with Crippen molar-refractivity contribution >= 4 is 23.3 Å². The Bertz CT molecular complexity index is 1040. The molecular formula is C26H25ClN2O2. The maximum Gasteiger partial charge on any atom is 0.252 e. The third-order valence-electron chi connectivity index (χ3n) is 5.69. The third-order valence-corrected chi connectivity index (χ3v) is 5.95. The van der Waals surface area contributed by atoms with Crippen LogP contribution in [-0.2, 0) is 6.54 Å². The average molecular weight is 433 g/mol. The number of nitrogens with one attached hydrogen (secondary N) is 1. The number of amides is 1. The molecule has 1 amide bonds. The van der Waals surface area contributed by atoms with E-state index >= 15 is 0 Å². The summed E-state index contributed by atoms with van der Waals surface area (Å²) in [6, 6.07) is 24.3. The van der Waals surface area contributed by atoms with Crippen LogP contribution in [0.4, 0.5) is 0 Å². The van der Waals surface area contributed by atoms with Crippen LogP contribution in [0, 0.1) is 0 Å². The maximum absolute atomic E-state index is 13.0. The van der Waals surface area contributed by atoms with Gasteiger partial charge in [-0.2, -0.15) is 0 Å². The highest BCUT2D eigenvalue weighted by molar-refractivity contribution is 6.30. The van der Waals surface area contributed by atoms with Crippen molar-refractivity contribution in [3.63, 3.8) is 0 Å². The second-order valence-corrected chi connectivity index (χ2v) is 8.33. The minimum Gasteiger partial charge on any atom is -0.349 e. The van der Waals surface area contributed by atoms with Crippen molar-refractivity contribution < 1.29 is 9.59 Å². The third kappa shape index (κ3) is 5.40. The Hall–Kier alpha value is -2.95. The van der Waals surface area contributed by atoms with Crippen molar-refractivity contribution in [1.29, 1.82) is 0 Å². The Kier molecular flexibility index (Phi) is 6.80. The van der Waals surface area contributed by atoms with Crippen molar-refractivity contribution in [1.82, 2.24) is 10.2 Å². The lowest BCUT2D eigenvalue weighted by Gasteiger charge is -2.32. The van der Waals surface area contributed by atoms with Crippen LogP contribution in [0.2, 0.25) is 5.02 Å². The molecule has 0 aromatic heterocycles. The molecule has 31 heavy (non-hydrogen) atoms. The molecule has 1 saturated heterocycles. The molecular weight excluding hydrogens is 408 g/mol. The number of nitrogens with zero attached hydrogens (tertiary/aromatic N) is 1. The number of ketones is 1. The zero-order valence-corrected chi connectivity index (χ0v) is 18.0. The molecule has 1 aliphatic heterocycles. The Labute approximate surface area is 187 Å². The van der Waals surface area contributed by atoms with Gasteiger partial charge in [-0.15, -0.1) is 0 Å². The number of carbonyl (C=O) groups is 2. The van der Waals surface area contributed by atoms with E-state index in [1.54, 1.807) is 48.5 Å². The first-order chi connectivity index (χ1) is 15.1. The van der Waals surface area contributed by atoms with E-state index in [0.29, 0.717) is 21.7 Å². The first-order valence-corrected chi connectivity index (χ1v) is 10.9. The van der Waals surface area contributed by atoms with Crippen LogP contribution >= 0.6 is 11.6 Å². The predicted octanol–water partition coefficient (Wildman–Crippen LogP) is 4.97. The predicted molar refractivity (Wildman–Crippen MR) is 124 cm³/mol. The normalized spacial score (nSPS) is 14.9. The molecule has 0 saturated carbocycles. The molecule has 1 fully saturated rings. The number of halogens is 1. The summed E-state index contributed by atoms with van der Waals surface area (Å²) in [6.07, 6.45) is 1.79. The fourth-order valence-electron chi connectivity index (χ4n) is 3.98. The summed E-state index contributed by atoms with van der Waals surface area (Å²) < 4.78 is 0. The molecule has 0 radical (unpaired) electrons. The van der Waals surface area contributed by atoms with Gasteiger partial charge in [0.15, 0.2) is 5.78 Å². The van der Waals surface area contributed by atoms with E-state index in [0.717, 1.165) is 32.5 Å². The summed E-state index contributed by atoms with van der Waals surface area (Å²) in [5.74, 6) is -0.375. The van der Waals surface area contributed by atoms with Gasteiger partial charge in [-0.05, 0) is 48.7 Å². The van der Waals surface area contributed by atoms with E-state index in [-0.39, 0.29) is 17.7 Å². The zero-order valence-electron chi connectivity index (χ0n) is 17.3. The van der Waals surface area contributed by atoms with Crippen LogP contribution in [0.3, 0.4) is 0 Å². The fourth-order valence-corrected chi connectivity index (χ4v) is 4.10. The van der Waals surface area contributed by atoms with Crippen LogP contribution in [0.25, 0.3) is 0 Å². The number of hydrogen-bond donors (Lipinski definition) is 1. The molecule has 1 aliphatic rings. The number of likely N-dealkylation sites (tertiary alicyclic amines) is 1. The highest BCUT2D eigenvalue weighted by Crippen LogP contribution is 2.19. The van der Waals surface area contributed by atoms with E-state index < -0.39 is 0 Å². The highest BCUT2D eigenvalue weighted by Gasteiger charge is 2.23. The summed E-state index contributed by atoms with van der Waals surface area (Å²) in [5, 5.41) is 3.71. The van der Waals surface area contributed by atoms with E-state index in [1.807, 2.05) is 6.07 Å². The lowest BCUT2D eigenvalue weighted by molar-refractivity contribution is 0.0901. The first kappa shape index (κ1) is 21.3. The highest BCUT2D eigenvalue weighted by atomic mass is 35.5. The lowest BCUT2D eigenvalue weighted by atomic mass is 9.97. The van der Waals surface area contributed by atoms with Crippen molar-refractivity contribution in [2.75, 3.05) is 13.1 Å². The summed E-state index contributed by atoms with van der Waals surface area (Å²) in [6.45, 7) is 2.80. The number of carbonyl (C=O) groups excluding carboxylic acids is 2. The number of hydrogen-bond acceptors (Lipinski definition) is 3. The topological polar surface area (TPSA) is 49.4 Å². The van der Waals surface area contributed by atoms with Gasteiger partial charge in [0.2, 0.25) is 0 Å². The second kappa shape index (κ2) is 9.90.